The summed E-state index contributed by atoms with van der Waals surface area (Å²) in [4.78, 5) is 4.20. The maximum atomic E-state index is 5.53. The van der Waals surface area contributed by atoms with Gasteiger partial charge in [0.2, 0.25) is 0 Å². The molecule has 2 N–H and O–H groups in total. The molecule has 0 spiro atoms. The van der Waals surface area contributed by atoms with E-state index in [1.54, 1.807) is 0 Å². The SMILES string of the molecule is CCOCC(N)=NC1CC1. The third-order valence-corrected chi connectivity index (χ3v) is 1.35. The molecule has 0 unspecified atom stereocenters. The second-order valence-electron chi connectivity index (χ2n) is 2.49. The fourth-order valence-corrected chi connectivity index (χ4v) is 0.682. The Morgan fingerprint density at radius 2 is 2.40 bits per heavy atom. The van der Waals surface area contributed by atoms with Crippen LogP contribution in [0.3, 0.4) is 0 Å². The molecule has 0 amide bonds. The Kier molecular flexibility index (Phi) is 2.68. The summed E-state index contributed by atoms with van der Waals surface area (Å²) < 4.78 is 5.07. The molecular weight excluding hydrogens is 128 g/mol. The number of ether oxygens (including phenoxy) is 1. The van der Waals surface area contributed by atoms with E-state index in [0.29, 0.717) is 25.1 Å². The molecule has 1 aliphatic carbocycles. The lowest BCUT2D eigenvalue weighted by molar-refractivity contribution is 0.186. The van der Waals surface area contributed by atoms with Crippen molar-refractivity contribution in [1.82, 2.24) is 0 Å². The van der Waals surface area contributed by atoms with E-state index < -0.39 is 0 Å². The molecule has 1 rings (SSSR count). The molecule has 3 heteroatoms. The number of hydrogen-bond acceptors (Lipinski definition) is 2. The molecule has 0 aliphatic heterocycles. The first-order chi connectivity index (χ1) is 4.83. The van der Waals surface area contributed by atoms with Gasteiger partial charge in [-0.3, -0.25) is 4.99 Å². The van der Waals surface area contributed by atoms with E-state index in [1.807, 2.05) is 6.92 Å². The van der Waals surface area contributed by atoms with E-state index in [0.717, 1.165) is 0 Å². The van der Waals surface area contributed by atoms with Crippen LogP contribution in [-0.4, -0.2) is 25.1 Å². The zero-order valence-corrected chi connectivity index (χ0v) is 6.34. The summed E-state index contributed by atoms with van der Waals surface area (Å²) in [5.41, 5.74) is 5.53. The molecule has 1 fully saturated rings. The van der Waals surface area contributed by atoms with Crippen molar-refractivity contribution >= 4 is 5.84 Å². The van der Waals surface area contributed by atoms with Gasteiger partial charge in [0.15, 0.2) is 0 Å². The monoisotopic (exact) mass is 142 g/mol. The van der Waals surface area contributed by atoms with E-state index in [1.165, 1.54) is 12.8 Å². The maximum Gasteiger partial charge on any atom is 0.120 e. The average molecular weight is 142 g/mol. The first kappa shape index (κ1) is 7.54. The Morgan fingerprint density at radius 1 is 1.70 bits per heavy atom. The van der Waals surface area contributed by atoms with E-state index in [-0.39, 0.29) is 0 Å². The first-order valence-corrected chi connectivity index (χ1v) is 3.72. The smallest absolute Gasteiger partial charge is 0.120 e. The minimum Gasteiger partial charge on any atom is -0.386 e. The number of hydrogen-bond donors (Lipinski definition) is 1. The highest BCUT2D eigenvalue weighted by molar-refractivity contribution is 5.81. The van der Waals surface area contributed by atoms with Crippen LogP contribution < -0.4 is 5.73 Å². The van der Waals surface area contributed by atoms with Crippen LogP contribution in [0, 0.1) is 0 Å². The van der Waals surface area contributed by atoms with Gasteiger partial charge < -0.3 is 10.5 Å². The number of rotatable bonds is 4. The van der Waals surface area contributed by atoms with Crippen LogP contribution >= 0.6 is 0 Å². The molecule has 0 heterocycles. The quantitative estimate of drug-likeness (QED) is 0.460. The van der Waals surface area contributed by atoms with Crippen LogP contribution in [0.2, 0.25) is 0 Å². The van der Waals surface area contributed by atoms with Gasteiger partial charge >= 0.3 is 0 Å². The maximum absolute atomic E-state index is 5.53. The highest BCUT2D eigenvalue weighted by atomic mass is 16.5. The van der Waals surface area contributed by atoms with Crippen molar-refractivity contribution in [3.63, 3.8) is 0 Å². The van der Waals surface area contributed by atoms with E-state index in [4.69, 9.17) is 10.5 Å². The lowest BCUT2D eigenvalue weighted by Crippen LogP contribution is -2.19. The molecule has 0 radical (unpaired) electrons. The summed E-state index contributed by atoms with van der Waals surface area (Å²) in [6.45, 7) is 3.15. The second-order valence-corrected chi connectivity index (χ2v) is 2.49. The van der Waals surface area contributed by atoms with Gasteiger partial charge in [0.25, 0.3) is 0 Å². The van der Waals surface area contributed by atoms with Crippen LogP contribution in [0.4, 0.5) is 0 Å². The molecule has 1 aliphatic rings. The largest absolute Gasteiger partial charge is 0.386 e. The van der Waals surface area contributed by atoms with Crippen LogP contribution in [0.15, 0.2) is 4.99 Å². The van der Waals surface area contributed by atoms with Gasteiger partial charge in [0, 0.05) is 6.61 Å². The Hall–Kier alpha value is -0.570. The van der Waals surface area contributed by atoms with Crippen LogP contribution in [-0.2, 0) is 4.74 Å². The fourth-order valence-electron chi connectivity index (χ4n) is 0.682. The molecule has 10 heavy (non-hydrogen) atoms. The Labute approximate surface area is 61.3 Å². The van der Waals surface area contributed by atoms with Crippen LogP contribution in [0.1, 0.15) is 19.8 Å². The van der Waals surface area contributed by atoms with Crippen LogP contribution in [0.25, 0.3) is 0 Å². The highest BCUT2D eigenvalue weighted by Gasteiger charge is 2.20. The highest BCUT2D eigenvalue weighted by Crippen LogP contribution is 2.23. The number of nitrogens with two attached hydrogens (primary N) is 1. The van der Waals surface area contributed by atoms with E-state index >= 15 is 0 Å². The summed E-state index contributed by atoms with van der Waals surface area (Å²) in [6, 6.07) is 0.514. The molecule has 0 aromatic carbocycles. The van der Waals surface area contributed by atoms with Gasteiger partial charge in [0.05, 0.1) is 6.04 Å². The molecule has 1 saturated carbocycles. The van der Waals surface area contributed by atoms with Crippen molar-refractivity contribution in [3.05, 3.63) is 0 Å². The van der Waals surface area contributed by atoms with Gasteiger partial charge in [-0.1, -0.05) is 0 Å². The van der Waals surface area contributed by atoms with Crippen molar-refractivity contribution in [2.75, 3.05) is 13.2 Å². The Morgan fingerprint density at radius 3 is 2.90 bits per heavy atom. The van der Waals surface area contributed by atoms with Gasteiger partial charge in [-0.05, 0) is 19.8 Å². The Bertz CT molecular complexity index is 130. The number of amidine groups is 1. The molecule has 0 aromatic heterocycles. The summed E-state index contributed by atoms with van der Waals surface area (Å²) in [6.07, 6.45) is 2.40. The summed E-state index contributed by atoms with van der Waals surface area (Å²) in [7, 11) is 0. The van der Waals surface area contributed by atoms with E-state index in [2.05, 4.69) is 4.99 Å². The molecule has 58 valence electrons. The predicted octanol–water partition coefficient (Wildman–Crippen LogP) is 0.543. The molecule has 3 nitrogen and oxygen atoms in total. The third kappa shape index (κ3) is 2.82. The van der Waals surface area contributed by atoms with Crippen LogP contribution in [0.5, 0.6) is 0 Å². The topological polar surface area (TPSA) is 47.6 Å². The summed E-state index contributed by atoms with van der Waals surface area (Å²) >= 11 is 0. The molecule has 0 saturated heterocycles. The predicted molar refractivity (Wildman–Crippen MR) is 41.1 cm³/mol. The van der Waals surface area contributed by atoms with Crippen molar-refractivity contribution in [3.8, 4) is 0 Å². The number of aliphatic imine (C=N–C) groups is 1. The minimum absolute atomic E-state index is 0.493. The Balaban J connectivity index is 2.11. The molecular formula is C7H14N2O. The van der Waals surface area contributed by atoms with Gasteiger partial charge in [-0.15, -0.1) is 0 Å². The summed E-state index contributed by atoms with van der Waals surface area (Å²) in [5, 5.41) is 0. The lowest BCUT2D eigenvalue weighted by atomic mass is 10.6. The molecule has 0 bridgehead atoms. The minimum atomic E-state index is 0.493. The zero-order valence-electron chi connectivity index (χ0n) is 6.34. The van der Waals surface area contributed by atoms with Gasteiger partial charge in [0.1, 0.15) is 12.4 Å². The zero-order chi connectivity index (χ0) is 7.40. The van der Waals surface area contributed by atoms with Crippen molar-refractivity contribution in [2.45, 2.75) is 25.8 Å². The summed E-state index contributed by atoms with van der Waals surface area (Å²) in [5.74, 6) is 0.643. The van der Waals surface area contributed by atoms with Crippen molar-refractivity contribution in [1.29, 1.82) is 0 Å². The first-order valence-electron chi connectivity index (χ1n) is 3.72. The molecule has 0 aromatic rings. The fraction of sp³-hybridized carbons (Fsp3) is 0.857. The number of nitrogens with zero attached hydrogens (tertiary/aromatic N) is 1. The van der Waals surface area contributed by atoms with E-state index in [9.17, 15) is 0 Å². The second kappa shape index (κ2) is 3.56. The van der Waals surface area contributed by atoms with Crippen molar-refractivity contribution < 1.29 is 4.74 Å². The lowest BCUT2D eigenvalue weighted by Gasteiger charge is -1.98. The normalized spacial score (nSPS) is 19.5. The third-order valence-electron chi connectivity index (χ3n) is 1.35. The molecule has 0 atom stereocenters. The average Bonchev–Trinajstić information content (AvgIpc) is 2.67. The standard InChI is InChI=1S/C7H14N2O/c1-2-10-5-7(8)9-6-3-4-6/h6H,2-5H2,1H3,(H2,8,9). The van der Waals surface area contributed by atoms with Gasteiger partial charge in [-0.2, -0.15) is 0 Å². The van der Waals surface area contributed by atoms with Gasteiger partial charge in [-0.25, -0.2) is 0 Å². The van der Waals surface area contributed by atoms with Crippen molar-refractivity contribution in [2.24, 2.45) is 10.7 Å².